The summed E-state index contributed by atoms with van der Waals surface area (Å²) in [7, 11) is -0.376. The van der Waals surface area contributed by atoms with Crippen molar-refractivity contribution in [3.63, 3.8) is 0 Å². The molecule has 0 aliphatic carbocycles. The Bertz CT molecular complexity index is 969. The quantitative estimate of drug-likeness (QED) is 0.362. The second kappa shape index (κ2) is 11.1. The molecule has 0 aliphatic heterocycles. The Kier molecular flexibility index (Phi) is 9.36. The summed E-state index contributed by atoms with van der Waals surface area (Å²) >= 11 is 5.94. The SMILES string of the molecule is COc1cc(Cc2cccc(Cl)c2F)cnc1C(CO)[C@H](CO[Si](C)(C)C(C)(C)C)C(C)(C)C. The van der Waals surface area contributed by atoms with Gasteiger partial charge in [-0.25, -0.2) is 4.39 Å². The highest BCUT2D eigenvalue weighted by Crippen LogP contribution is 2.43. The second-order valence-electron chi connectivity index (χ2n) is 11.7. The summed E-state index contributed by atoms with van der Waals surface area (Å²) in [4.78, 5) is 4.71. The molecule has 2 aromatic rings. The van der Waals surface area contributed by atoms with Gasteiger partial charge in [-0.3, -0.25) is 4.98 Å². The van der Waals surface area contributed by atoms with Gasteiger partial charge in [0.05, 0.1) is 24.4 Å². The van der Waals surface area contributed by atoms with E-state index in [9.17, 15) is 9.50 Å². The van der Waals surface area contributed by atoms with Crippen LogP contribution in [0.4, 0.5) is 4.39 Å². The summed E-state index contributed by atoms with van der Waals surface area (Å²) in [6, 6.07) is 6.86. The van der Waals surface area contributed by atoms with Crippen LogP contribution in [0.2, 0.25) is 23.2 Å². The van der Waals surface area contributed by atoms with Crippen LogP contribution in [0.5, 0.6) is 5.75 Å². The average Bonchev–Trinajstić information content (AvgIpc) is 2.73. The summed E-state index contributed by atoms with van der Waals surface area (Å²) in [5.41, 5.74) is 1.87. The highest BCUT2D eigenvalue weighted by Gasteiger charge is 2.41. The molecule has 2 atom stereocenters. The fourth-order valence-electron chi connectivity index (χ4n) is 3.83. The molecule has 2 rings (SSSR count). The third kappa shape index (κ3) is 6.81. The van der Waals surface area contributed by atoms with Crippen LogP contribution in [-0.2, 0) is 10.8 Å². The van der Waals surface area contributed by atoms with E-state index in [0.29, 0.717) is 30.0 Å². The summed E-state index contributed by atoms with van der Waals surface area (Å²) in [5, 5.41) is 10.7. The normalized spacial score (nSPS) is 14.7. The van der Waals surface area contributed by atoms with Gasteiger partial charge in [-0.15, -0.1) is 0 Å². The lowest BCUT2D eigenvalue weighted by Crippen LogP contribution is -2.44. The minimum absolute atomic E-state index is 0.0178. The molecule has 34 heavy (non-hydrogen) atoms. The number of hydrogen-bond acceptors (Lipinski definition) is 4. The smallest absolute Gasteiger partial charge is 0.191 e. The molecule has 0 saturated carbocycles. The number of benzene rings is 1. The minimum atomic E-state index is -1.97. The maximum Gasteiger partial charge on any atom is 0.191 e. The molecule has 1 N–H and O–H groups in total. The maximum absolute atomic E-state index is 14.4. The van der Waals surface area contributed by atoms with Crippen molar-refractivity contribution in [2.75, 3.05) is 20.3 Å². The Morgan fingerprint density at radius 1 is 1.15 bits per heavy atom. The van der Waals surface area contributed by atoms with Gasteiger partial charge in [-0.1, -0.05) is 65.3 Å². The largest absolute Gasteiger partial charge is 0.495 e. The first-order chi connectivity index (χ1) is 15.6. The van der Waals surface area contributed by atoms with Crippen molar-refractivity contribution in [2.24, 2.45) is 11.3 Å². The van der Waals surface area contributed by atoms with Crippen LogP contribution in [0.25, 0.3) is 0 Å². The predicted molar refractivity (Wildman–Crippen MR) is 141 cm³/mol. The Hall–Kier alpha value is -1.47. The molecule has 0 fully saturated rings. The minimum Gasteiger partial charge on any atom is -0.495 e. The lowest BCUT2D eigenvalue weighted by atomic mass is 9.72. The van der Waals surface area contributed by atoms with Crippen LogP contribution in [0.1, 0.15) is 64.3 Å². The van der Waals surface area contributed by atoms with Crippen LogP contribution >= 0.6 is 11.6 Å². The molecule has 190 valence electrons. The van der Waals surface area contributed by atoms with Crippen LogP contribution in [-0.4, -0.2) is 38.7 Å². The summed E-state index contributed by atoms with van der Waals surface area (Å²) < 4.78 is 26.7. The zero-order valence-corrected chi connectivity index (χ0v) is 23.9. The van der Waals surface area contributed by atoms with Crippen LogP contribution < -0.4 is 4.74 Å². The fraction of sp³-hybridized carbons (Fsp3) is 0.593. The average molecular weight is 510 g/mol. The number of ether oxygens (including phenoxy) is 1. The molecule has 7 heteroatoms. The van der Waals surface area contributed by atoms with Gasteiger partial charge in [0.15, 0.2) is 8.32 Å². The Labute approximate surface area is 211 Å². The van der Waals surface area contributed by atoms with E-state index in [1.165, 1.54) is 6.07 Å². The Morgan fingerprint density at radius 3 is 2.32 bits per heavy atom. The number of aromatic nitrogens is 1. The molecular formula is C27H41ClFNO3Si. The third-order valence-corrected chi connectivity index (χ3v) is 12.0. The van der Waals surface area contributed by atoms with Gasteiger partial charge in [0.25, 0.3) is 0 Å². The number of nitrogens with zero attached hydrogens (tertiary/aromatic N) is 1. The molecular weight excluding hydrogens is 469 g/mol. The number of pyridine rings is 1. The molecule has 0 aliphatic rings. The zero-order chi connectivity index (χ0) is 25.9. The molecule has 1 aromatic carbocycles. The topological polar surface area (TPSA) is 51.6 Å². The summed E-state index contributed by atoms with van der Waals surface area (Å²) in [5.74, 6) is -0.0856. The van der Waals surface area contributed by atoms with Crippen molar-refractivity contribution in [1.82, 2.24) is 4.98 Å². The molecule has 0 radical (unpaired) electrons. The van der Waals surface area contributed by atoms with E-state index < -0.39 is 14.1 Å². The molecule has 1 heterocycles. The van der Waals surface area contributed by atoms with E-state index >= 15 is 0 Å². The van der Waals surface area contributed by atoms with Gasteiger partial charge in [0, 0.05) is 25.1 Å². The zero-order valence-electron chi connectivity index (χ0n) is 22.1. The summed E-state index contributed by atoms with van der Waals surface area (Å²) in [6.07, 6.45) is 2.08. The number of aliphatic hydroxyl groups excluding tert-OH is 1. The van der Waals surface area contributed by atoms with Crippen molar-refractivity contribution in [2.45, 2.75) is 72.0 Å². The van der Waals surface area contributed by atoms with Crippen LogP contribution in [0, 0.1) is 17.2 Å². The fourth-order valence-corrected chi connectivity index (χ4v) is 5.05. The Balaban J connectivity index is 2.39. The van der Waals surface area contributed by atoms with Gasteiger partial charge >= 0.3 is 0 Å². The molecule has 4 nitrogen and oxygen atoms in total. The molecule has 0 bridgehead atoms. The van der Waals surface area contributed by atoms with E-state index in [-0.39, 0.29) is 33.9 Å². The van der Waals surface area contributed by atoms with Gasteiger partial charge in [0.1, 0.15) is 11.6 Å². The van der Waals surface area contributed by atoms with Gasteiger partial charge in [-0.2, -0.15) is 0 Å². The number of methoxy groups -OCH3 is 1. The van der Waals surface area contributed by atoms with Crippen molar-refractivity contribution in [1.29, 1.82) is 0 Å². The standard InChI is InChI=1S/C27H41ClFNO3Si/c1-26(2,3)21(17-33-34(8,9)27(4,5)6)20(16-31)25-23(32-7)14-18(15-30-25)13-19-11-10-12-22(28)24(19)29/h10-12,14-15,20-21,31H,13,16-17H2,1-9H3/t20?,21-/m0/s1. The summed E-state index contributed by atoms with van der Waals surface area (Å²) in [6.45, 7) is 18.1. The van der Waals surface area contributed by atoms with Crippen molar-refractivity contribution < 1.29 is 18.7 Å². The predicted octanol–water partition coefficient (Wildman–Crippen LogP) is 7.23. The van der Waals surface area contributed by atoms with E-state index in [2.05, 4.69) is 54.6 Å². The number of hydrogen-bond donors (Lipinski definition) is 1. The van der Waals surface area contributed by atoms with E-state index in [1.807, 2.05) is 6.07 Å². The number of aliphatic hydroxyl groups is 1. The number of halogens is 2. The Morgan fingerprint density at radius 2 is 1.79 bits per heavy atom. The van der Waals surface area contributed by atoms with Gasteiger partial charge < -0.3 is 14.3 Å². The molecule has 1 aromatic heterocycles. The van der Waals surface area contributed by atoms with Crippen molar-refractivity contribution in [3.05, 3.63) is 58.1 Å². The first-order valence-corrected chi connectivity index (χ1v) is 15.1. The van der Waals surface area contributed by atoms with E-state index in [0.717, 1.165) is 5.56 Å². The van der Waals surface area contributed by atoms with Crippen molar-refractivity contribution in [3.8, 4) is 5.75 Å². The molecule has 0 amide bonds. The molecule has 1 unspecified atom stereocenters. The van der Waals surface area contributed by atoms with Crippen molar-refractivity contribution >= 4 is 19.9 Å². The van der Waals surface area contributed by atoms with E-state index in [1.54, 1.807) is 25.4 Å². The highest BCUT2D eigenvalue weighted by atomic mass is 35.5. The first-order valence-electron chi connectivity index (χ1n) is 11.8. The van der Waals surface area contributed by atoms with Gasteiger partial charge in [0.2, 0.25) is 0 Å². The highest BCUT2D eigenvalue weighted by molar-refractivity contribution is 6.74. The van der Waals surface area contributed by atoms with Crippen LogP contribution in [0.15, 0.2) is 30.5 Å². The van der Waals surface area contributed by atoms with E-state index in [4.69, 9.17) is 25.7 Å². The molecule has 0 spiro atoms. The maximum atomic E-state index is 14.4. The first kappa shape index (κ1) is 28.8. The second-order valence-corrected chi connectivity index (χ2v) is 16.9. The third-order valence-electron chi connectivity index (χ3n) is 7.16. The lowest BCUT2D eigenvalue weighted by molar-refractivity contribution is 0.0819. The monoisotopic (exact) mass is 509 g/mol. The number of rotatable bonds is 9. The van der Waals surface area contributed by atoms with Gasteiger partial charge in [-0.05, 0) is 52.7 Å². The lowest BCUT2D eigenvalue weighted by Gasteiger charge is -2.42. The van der Waals surface area contributed by atoms with Crippen LogP contribution in [0.3, 0.4) is 0 Å². The molecule has 0 saturated heterocycles.